The summed E-state index contributed by atoms with van der Waals surface area (Å²) in [5, 5.41) is 2.90. The molecule has 2 heterocycles. The fourth-order valence-corrected chi connectivity index (χ4v) is 3.95. The highest BCUT2D eigenvalue weighted by molar-refractivity contribution is 7.99. The van der Waals surface area contributed by atoms with Crippen molar-refractivity contribution in [3.63, 3.8) is 0 Å². The molecule has 0 spiro atoms. The molecule has 1 saturated heterocycles. The molecule has 1 aromatic heterocycles. The highest BCUT2D eigenvalue weighted by Crippen LogP contribution is 2.25. The molecule has 7 heteroatoms. The molecule has 0 unspecified atom stereocenters. The lowest BCUT2D eigenvalue weighted by Gasteiger charge is -2.33. The lowest BCUT2D eigenvalue weighted by molar-refractivity contribution is 0.0926. The Morgan fingerprint density at radius 1 is 1.33 bits per heavy atom. The summed E-state index contributed by atoms with van der Waals surface area (Å²) in [5.74, 6) is 1.75. The summed E-state index contributed by atoms with van der Waals surface area (Å²) in [5.41, 5.74) is -0.119. The summed E-state index contributed by atoms with van der Waals surface area (Å²) in [7, 11) is 0. The second-order valence-electron chi connectivity index (χ2n) is 5.49. The van der Waals surface area contributed by atoms with Crippen LogP contribution in [0.1, 0.15) is 22.2 Å². The molecule has 1 amide bonds. The molecule has 0 saturated carbocycles. The number of rotatable bonds is 5. The van der Waals surface area contributed by atoms with Crippen LogP contribution in [0.5, 0.6) is 0 Å². The summed E-state index contributed by atoms with van der Waals surface area (Å²) in [6.45, 7) is 2.18. The van der Waals surface area contributed by atoms with E-state index in [1.54, 1.807) is 6.26 Å². The van der Waals surface area contributed by atoms with Gasteiger partial charge in [-0.05, 0) is 24.3 Å². The minimum Gasteiger partial charge on any atom is -0.468 e. The summed E-state index contributed by atoms with van der Waals surface area (Å²) < 4.78 is 19.4. The van der Waals surface area contributed by atoms with Crippen molar-refractivity contribution in [2.75, 3.05) is 31.1 Å². The van der Waals surface area contributed by atoms with Crippen LogP contribution in [0.2, 0.25) is 5.02 Å². The summed E-state index contributed by atoms with van der Waals surface area (Å²) in [4.78, 5) is 14.6. The van der Waals surface area contributed by atoms with Crippen molar-refractivity contribution in [1.29, 1.82) is 0 Å². The molecular weight excluding hydrogens is 351 g/mol. The van der Waals surface area contributed by atoms with E-state index in [0.29, 0.717) is 6.54 Å². The average Bonchev–Trinajstić information content (AvgIpc) is 3.10. The molecule has 1 fully saturated rings. The molecule has 1 aliphatic rings. The predicted octanol–water partition coefficient (Wildman–Crippen LogP) is 3.59. The van der Waals surface area contributed by atoms with E-state index in [4.69, 9.17) is 16.0 Å². The Bertz CT molecular complexity index is 670. The molecular formula is C17H18ClFN2O2S. The zero-order valence-electron chi connectivity index (χ0n) is 13.0. The molecule has 2 aromatic rings. The number of nitrogens with zero attached hydrogens (tertiary/aromatic N) is 1. The molecule has 1 N–H and O–H groups in total. The molecule has 1 aromatic carbocycles. The van der Waals surface area contributed by atoms with Crippen LogP contribution in [0.4, 0.5) is 4.39 Å². The van der Waals surface area contributed by atoms with Crippen LogP contribution in [0, 0.1) is 5.82 Å². The third kappa shape index (κ3) is 3.94. The zero-order valence-corrected chi connectivity index (χ0v) is 14.6. The minimum atomic E-state index is -0.621. The van der Waals surface area contributed by atoms with Gasteiger partial charge in [-0.3, -0.25) is 9.69 Å². The molecule has 0 radical (unpaired) electrons. The number of hydrogen-bond acceptors (Lipinski definition) is 4. The summed E-state index contributed by atoms with van der Waals surface area (Å²) >= 11 is 7.87. The van der Waals surface area contributed by atoms with E-state index in [-0.39, 0.29) is 16.6 Å². The van der Waals surface area contributed by atoms with Crippen molar-refractivity contribution < 1.29 is 13.6 Å². The largest absolute Gasteiger partial charge is 0.468 e. The van der Waals surface area contributed by atoms with Crippen molar-refractivity contribution in [2.45, 2.75) is 6.04 Å². The Hall–Kier alpha value is -1.50. The molecule has 1 atom stereocenters. The SMILES string of the molecule is O=C(NC[C@@H](c1ccco1)N1CCSCC1)c1c(F)cccc1Cl. The predicted molar refractivity (Wildman–Crippen MR) is 94.1 cm³/mol. The van der Waals surface area contributed by atoms with Crippen LogP contribution >= 0.6 is 23.4 Å². The Kier molecular flexibility index (Phi) is 5.81. The number of halogens is 2. The van der Waals surface area contributed by atoms with E-state index in [0.717, 1.165) is 30.4 Å². The Morgan fingerprint density at radius 2 is 2.12 bits per heavy atom. The van der Waals surface area contributed by atoms with Crippen LogP contribution in [0.15, 0.2) is 41.0 Å². The molecule has 0 bridgehead atoms. The van der Waals surface area contributed by atoms with E-state index in [2.05, 4.69) is 10.2 Å². The van der Waals surface area contributed by atoms with Gasteiger partial charge >= 0.3 is 0 Å². The number of furan rings is 1. The first-order valence-electron chi connectivity index (χ1n) is 7.74. The van der Waals surface area contributed by atoms with Gasteiger partial charge in [-0.1, -0.05) is 17.7 Å². The third-order valence-corrected chi connectivity index (χ3v) is 5.26. The van der Waals surface area contributed by atoms with Crippen molar-refractivity contribution >= 4 is 29.3 Å². The van der Waals surface area contributed by atoms with E-state index in [9.17, 15) is 9.18 Å². The minimum absolute atomic E-state index is 0.0737. The summed E-state index contributed by atoms with van der Waals surface area (Å²) in [6.07, 6.45) is 1.62. The van der Waals surface area contributed by atoms with Gasteiger partial charge < -0.3 is 9.73 Å². The van der Waals surface area contributed by atoms with Gasteiger partial charge in [0.15, 0.2) is 0 Å². The smallest absolute Gasteiger partial charge is 0.255 e. The third-order valence-electron chi connectivity index (χ3n) is 4.00. The second kappa shape index (κ2) is 8.05. The van der Waals surface area contributed by atoms with Crippen molar-refractivity contribution in [3.05, 3.63) is 58.8 Å². The molecule has 128 valence electrons. The van der Waals surface area contributed by atoms with Gasteiger partial charge in [-0.25, -0.2) is 4.39 Å². The fraction of sp³-hybridized carbons (Fsp3) is 0.353. The molecule has 0 aliphatic carbocycles. The maximum Gasteiger partial charge on any atom is 0.255 e. The van der Waals surface area contributed by atoms with E-state index >= 15 is 0 Å². The fourth-order valence-electron chi connectivity index (χ4n) is 2.77. The lowest BCUT2D eigenvalue weighted by atomic mass is 10.1. The van der Waals surface area contributed by atoms with Gasteiger partial charge in [-0.15, -0.1) is 0 Å². The second-order valence-corrected chi connectivity index (χ2v) is 7.12. The van der Waals surface area contributed by atoms with E-state index in [1.807, 2.05) is 23.9 Å². The van der Waals surface area contributed by atoms with Gasteiger partial charge in [0, 0.05) is 31.1 Å². The normalized spacial score (nSPS) is 16.8. The average molecular weight is 369 g/mol. The Balaban J connectivity index is 1.72. The number of carbonyl (C=O) groups excluding carboxylic acids is 1. The van der Waals surface area contributed by atoms with Crippen molar-refractivity contribution in [2.24, 2.45) is 0 Å². The Labute approximate surface area is 149 Å². The van der Waals surface area contributed by atoms with Crippen LogP contribution in [0.25, 0.3) is 0 Å². The highest BCUT2D eigenvalue weighted by Gasteiger charge is 2.26. The molecule has 24 heavy (non-hydrogen) atoms. The molecule has 3 rings (SSSR count). The van der Waals surface area contributed by atoms with Gasteiger partial charge in [0.05, 0.1) is 22.9 Å². The first-order chi connectivity index (χ1) is 11.7. The van der Waals surface area contributed by atoms with Crippen molar-refractivity contribution in [3.8, 4) is 0 Å². The van der Waals surface area contributed by atoms with Crippen molar-refractivity contribution in [1.82, 2.24) is 10.2 Å². The maximum absolute atomic E-state index is 13.9. The number of hydrogen-bond donors (Lipinski definition) is 1. The zero-order chi connectivity index (χ0) is 16.9. The number of nitrogens with one attached hydrogen (secondary N) is 1. The lowest BCUT2D eigenvalue weighted by Crippen LogP contribution is -2.42. The summed E-state index contributed by atoms with van der Waals surface area (Å²) in [6, 6.07) is 7.87. The first-order valence-corrected chi connectivity index (χ1v) is 9.27. The van der Waals surface area contributed by atoms with E-state index < -0.39 is 11.7 Å². The van der Waals surface area contributed by atoms with Gasteiger partial charge in [0.1, 0.15) is 11.6 Å². The van der Waals surface area contributed by atoms with Gasteiger partial charge in [-0.2, -0.15) is 11.8 Å². The number of thioether (sulfide) groups is 1. The topological polar surface area (TPSA) is 45.5 Å². The molecule has 4 nitrogen and oxygen atoms in total. The molecule has 1 aliphatic heterocycles. The quantitative estimate of drug-likeness (QED) is 0.876. The van der Waals surface area contributed by atoms with Crippen LogP contribution < -0.4 is 5.32 Å². The number of benzene rings is 1. The maximum atomic E-state index is 13.9. The highest BCUT2D eigenvalue weighted by atomic mass is 35.5. The standard InChI is InChI=1S/C17H18ClFN2O2S/c18-12-3-1-4-13(19)16(12)17(22)20-11-14(15-5-2-8-23-15)21-6-9-24-10-7-21/h1-5,8,14H,6-7,9-11H2,(H,20,22)/t14-/m0/s1. The van der Waals surface area contributed by atoms with Crippen LogP contribution in [-0.4, -0.2) is 41.9 Å². The van der Waals surface area contributed by atoms with Crippen LogP contribution in [-0.2, 0) is 0 Å². The van der Waals surface area contributed by atoms with Gasteiger partial charge in [0.2, 0.25) is 0 Å². The number of carbonyl (C=O) groups is 1. The van der Waals surface area contributed by atoms with E-state index in [1.165, 1.54) is 18.2 Å². The van der Waals surface area contributed by atoms with Crippen LogP contribution in [0.3, 0.4) is 0 Å². The monoisotopic (exact) mass is 368 g/mol. The first kappa shape index (κ1) is 17.3. The number of amides is 1. The Morgan fingerprint density at radius 3 is 2.79 bits per heavy atom. The van der Waals surface area contributed by atoms with Gasteiger partial charge in [0.25, 0.3) is 5.91 Å².